The fourth-order valence-corrected chi connectivity index (χ4v) is 4.06. The molecule has 2 aliphatic heterocycles. The monoisotopic (exact) mass is 356 g/mol. The predicted octanol–water partition coefficient (Wildman–Crippen LogP) is 1.20. The molecule has 0 unspecified atom stereocenters. The number of aromatic amines is 1. The van der Waals surface area contributed by atoms with Crippen LogP contribution >= 0.6 is 0 Å². The second-order valence-corrected chi connectivity index (χ2v) is 6.93. The third-order valence-electron chi connectivity index (χ3n) is 5.28. The van der Waals surface area contributed by atoms with Crippen molar-refractivity contribution in [2.24, 2.45) is 11.3 Å². The molecule has 136 valence electrons. The molecule has 2 aromatic heterocycles. The molecule has 0 aromatic carbocycles. The molecule has 4 heterocycles. The average molecular weight is 356 g/mol. The van der Waals surface area contributed by atoms with Crippen molar-refractivity contribution in [1.29, 1.82) is 0 Å². The number of hydrogen-bond acceptors (Lipinski definition) is 5. The number of fused-ring (bicyclic) bond motifs is 1. The summed E-state index contributed by atoms with van der Waals surface area (Å²) in [5.41, 5.74) is -0.273. The van der Waals surface area contributed by atoms with Gasteiger partial charge in [0.15, 0.2) is 5.76 Å². The Morgan fingerprint density at radius 2 is 2.31 bits per heavy atom. The van der Waals surface area contributed by atoms with E-state index >= 15 is 0 Å². The van der Waals surface area contributed by atoms with E-state index in [1.54, 1.807) is 17.2 Å². The highest BCUT2D eigenvalue weighted by Crippen LogP contribution is 2.44. The first-order chi connectivity index (χ1) is 12.5. The Morgan fingerprint density at radius 3 is 2.96 bits per heavy atom. The number of likely N-dealkylation sites (tertiary alicyclic amines) is 2. The normalized spacial score (nSPS) is 25.6. The largest absolute Gasteiger partial charge is 0.481 e. The summed E-state index contributed by atoms with van der Waals surface area (Å²) in [5.74, 6) is -0.138. The number of nitrogens with zero attached hydrogens (tertiary/aromatic N) is 3. The van der Waals surface area contributed by atoms with E-state index in [1.165, 1.54) is 0 Å². The van der Waals surface area contributed by atoms with Gasteiger partial charge in [-0.2, -0.15) is 5.10 Å². The van der Waals surface area contributed by atoms with Crippen molar-refractivity contribution < 1.29 is 19.1 Å². The number of aliphatic carboxylic acids is 1. The number of nitrogens with one attached hydrogen (secondary N) is 1. The van der Waals surface area contributed by atoms with Gasteiger partial charge in [0.2, 0.25) is 5.91 Å². The number of carbonyl (C=O) groups is 2. The lowest BCUT2D eigenvalue weighted by Crippen LogP contribution is -2.40. The van der Waals surface area contributed by atoms with Crippen molar-refractivity contribution in [2.75, 3.05) is 26.2 Å². The van der Waals surface area contributed by atoms with Gasteiger partial charge in [0.05, 0.1) is 12.5 Å². The van der Waals surface area contributed by atoms with E-state index in [4.69, 9.17) is 4.42 Å². The van der Waals surface area contributed by atoms with E-state index in [9.17, 15) is 14.7 Å². The molecule has 0 bridgehead atoms. The van der Waals surface area contributed by atoms with Crippen molar-refractivity contribution in [1.82, 2.24) is 20.0 Å². The second-order valence-electron chi connectivity index (χ2n) is 6.93. The Labute approximate surface area is 150 Å². The molecule has 0 radical (unpaired) electrons. The average Bonchev–Trinajstić information content (AvgIpc) is 3.35. The van der Waals surface area contributed by atoms with Crippen molar-refractivity contribution in [3.63, 3.8) is 0 Å². The first-order valence-electron chi connectivity index (χ1n) is 8.47. The van der Waals surface area contributed by atoms with E-state index in [0.29, 0.717) is 31.9 Å². The molecule has 8 heteroatoms. The maximum absolute atomic E-state index is 12.6. The van der Waals surface area contributed by atoms with Gasteiger partial charge in [0.1, 0.15) is 16.9 Å². The Kier molecular flexibility index (Phi) is 3.91. The SMILES string of the molecule is C=CCN1C[C@]2(C(=O)O)CN(Cc3ccc(-c4ccn[nH]4)o3)C[C@@H]2C1=O. The maximum Gasteiger partial charge on any atom is 0.313 e. The molecule has 1 amide bonds. The molecule has 2 N–H and O–H groups in total. The molecule has 4 rings (SSSR count). The number of amides is 1. The Balaban J connectivity index is 1.50. The van der Waals surface area contributed by atoms with Crippen LogP contribution in [0.25, 0.3) is 11.5 Å². The van der Waals surface area contributed by atoms with Crippen LogP contribution in [-0.2, 0) is 16.1 Å². The lowest BCUT2D eigenvalue weighted by Gasteiger charge is -2.24. The number of rotatable bonds is 6. The summed E-state index contributed by atoms with van der Waals surface area (Å²) in [6.45, 7) is 5.46. The van der Waals surface area contributed by atoms with E-state index in [2.05, 4.69) is 16.8 Å². The quantitative estimate of drug-likeness (QED) is 0.754. The zero-order chi connectivity index (χ0) is 18.3. The summed E-state index contributed by atoms with van der Waals surface area (Å²) in [4.78, 5) is 28.2. The highest BCUT2D eigenvalue weighted by atomic mass is 16.4. The number of aromatic nitrogens is 2. The number of H-pyrrole nitrogens is 1. The van der Waals surface area contributed by atoms with E-state index in [-0.39, 0.29) is 12.5 Å². The van der Waals surface area contributed by atoms with Crippen LogP contribution in [0.2, 0.25) is 0 Å². The van der Waals surface area contributed by atoms with Gasteiger partial charge in [-0.15, -0.1) is 6.58 Å². The number of carbonyl (C=O) groups excluding carboxylic acids is 1. The van der Waals surface area contributed by atoms with Crippen LogP contribution in [0.3, 0.4) is 0 Å². The number of furan rings is 1. The van der Waals surface area contributed by atoms with Crippen LogP contribution in [0.15, 0.2) is 41.5 Å². The van der Waals surface area contributed by atoms with Crippen LogP contribution < -0.4 is 0 Å². The van der Waals surface area contributed by atoms with Crippen molar-refractivity contribution >= 4 is 11.9 Å². The van der Waals surface area contributed by atoms with Crippen molar-refractivity contribution in [2.45, 2.75) is 6.54 Å². The van der Waals surface area contributed by atoms with Crippen LogP contribution in [0.5, 0.6) is 0 Å². The van der Waals surface area contributed by atoms with E-state index < -0.39 is 17.3 Å². The Morgan fingerprint density at radius 1 is 1.46 bits per heavy atom. The fraction of sp³-hybridized carbons (Fsp3) is 0.389. The minimum Gasteiger partial charge on any atom is -0.481 e. The van der Waals surface area contributed by atoms with Crippen LogP contribution in [0.4, 0.5) is 0 Å². The number of carboxylic acid groups (broad SMARTS) is 1. The minimum absolute atomic E-state index is 0.104. The van der Waals surface area contributed by atoms with Gasteiger partial charge in [-0.25, -0.2) is 0 Å². The zero-order valence-corrected chi connectivity index (χ0v) is 14.2. The fourth-order valence-electron chi connectivity index (χ4n) is 4.06. The Bertz CT molecular complexity index is 843. The number of carboxylic acids is 1. The van der Waals surface area contributed by atoms with Crippen LogP contribution in [-0.4, -0.2) is 63.2 Å². The summed E-state index contributed by atoms with van der Waals surface area (Å²) < 4.78 is 5.82. The van der Waals surface area contributed by atoms with Gasteiger partial charge in [-0.1, -0.05) is 6.08 Å². The first kappa shape index (κ1) is 16.6. The number of hydrogen-bond donors (Lipinski definition) is 2. The smallest absolute Gasteiger partial charge is 0.313 e. The molecule has 2 aromatic rings. The molecule has 2 saturated heterocycles. The molecule has 8 nitrogen and oxygen atoms in total. The molecule has 2 aliphatic rings. The van der Waals surface area contributed by atoms with Gasteiger partial charge < -0.3 is 14.4 Å². The summed E-state index contributed by atoms with van der Waals surface area (Å²) in [6, 6.07) is 5.53. The standard InChI is InChI=1S/C18H20N4O4/c1-2-7-22-11-18(17(24)25)10-21(9-13(18)16(22)23)8-12-3-4-15(26-12)14-5-6-19-20-14/h2-6,13H,1,7-11H2,(H,19,20)(H,24,25)/t13-,18-/m1/s1. The molecule has 0 saturated carbocycles. The second kappa shape index (κ2) is 6.14. The topological polar surface area (TPSA) is 103 Å². The molecule has 2 atom stereocenters. The third-order valence-corrected chi connectivity index (χ3v) is 5.28. The van der Waals surface area contributed by atoms with E-state index in [1.807, 2.05) is 23.1 Å². The minimum atomic E-state index is -1.06. The van der Waals surface area contributed by atoms with Crippen LogP contribution in [0, 0.1) is 11.3 Å². The molecule has 26 heavy (non-hydrogen) atoms. The molecule has 2 fully saturated rings. The van der Waals surface area contributed by atoms with Crippen molar-refractivity contribution in [3.05, 3.63) is 42.8 Å². The lowest BCUT2D eigenvalue weighted by atomic mass is 9.81. The predicted molar refractivity (Wildman–Crippen MR) is 91.9 cm³/mol. The maximum atomic E-state index is 12.6. The van der Waals surface area contributed by atoms with Gasteiger partial charge in [0.25, 0.3) is 0 Å². The summed E-state index contributed by atoms with van der Waals surface area (Å²) >= 11 is 0. The lowest BCUT2D eigenvalue weighted by molar-refractivity contribution is -0.149. The molecular weight excluding hydrogens is 336 g/mol. The summed E-state index contributed by atoms with van der Waals surface area (Å²) in [5, 5.41) is 16.6. The zero-order valence-electron chi connectivity index (χ0n) is 14.2. The van der Waals surface area contributed by atoms with Crippen LogP contribution in [0.1, 0.15) is 5.76 Å². The first-order valence-corrected chi connectivity index (χ1v) is 8.47. The highest BCUT2D eigenvalue weighted by Gasteiger charge is 2.61. The van der Waals surface area contributed by atoms with Gasteiger partial charge >= 0.3 is 5.97 Å². The van der Waals surface area contributed by atoms with E-state index in [0.717, 1.165) is 11.5 Å². The van der Waals surface area contributed by atoms with Gasteiger partial charge in [-0.3, -0.25) is 19.6 Å². The highest BCUT2D eigenvalue weighted by molar-refractivity contribution is 5.92. The molecular formula is C18H20N4O4. The summed E-state index contributed by atoms with van der Waals surface area (Å²) in [6.07, 6.45) is 3.28. The van der Waals surface area contributed by atoms with Gasteiger partial charge in [-0.05, 0) is 18.2 Å². The Hall–Kier alpha value is -2.87. The summed E-state index contributed by atoms with van der Waals surface area (Å²) in [7, 11) is 0. The third kappa shape index (κ3) is 2.53. The van der Waals surface area contributed by atoms with Crippen molar-refractivity contribution in [3.8, 4) is 11.5 Å². The molecule has 0 spiro atoms. The molecule has 0 aliphatic carbocycles. The van der Waals surface area contributed by atoms with Gasteiger partial charge in [0, 0.05) is 32.4 Å².